The summed E-state index contributed by atoms with van der Waals surface area (Å²) < 4.78 is 5.60. The molecular formula is C21H26Cl2N4O2. The lowest BCUT2D eigenvalue weighted by Crippen LogP contribution is -2.46. The smallest absolute Gasteiger partial charge is 0.224 e. The number of nitrogens with zero attached hydrogens (tertiary/aromatic N) is 3. The third-order valence-electron chi connectivity index (χ3n) is 4.87. The lowest BCUT2D eigenvalue weighted by molar-refractivity contribution is -0.116. The SMILES string of the molecule is CCN1CCN(c2ccc(NC(=O)CCCOc3ccc(Cl)cc3Cl)cn2)CC1. The molecule has 0 spiro atoms. The predicted octanol–water partition coefficient (Wildman–Crippen LogP) is 4.33. The summed E-state index contributed by atoms with van der Waals surface area (Å²) in [6, 6.07) is 8.93. The van der Waals surface area contributed by atoms with Gasteiger partial charge in [0.2, 0.25) is 5.91 Å². The maximum absolute atomic E-state index is 12.1. The van der Waals surface area contributed by atoms with Crippen LogP contribution in [0.15, 0.2) is 36.5 Å². The first-order valence-corrected chi connectivity index (χ1v) is 10.6. The van der Waals surface area contributed by atoms with E-state index in [1.807, 2.05) is 12.1 Å². The van der Waals surface area contributed by atoms with E-state index in [0.717, 1.165) is 38.5 Å². The highest BCUT2D eigenvalue weighted by atomic mass is 35.5. The topological polar surface area (TPSA) is 57.7 Å². The van der Waals surface area contributed by atoms with Crippen molar-refractivity contribution in [1.82, 2.24) is 9.88 Å². The fourth-order valence-electron chi connectivity index (χ4n) is 3.17. The van der Waals surface area contributed by atoms with Gasteiger partial charge in [-0.3, -0.25) is 4.79 Å². The van der Waals surface area contributed by atoms with Crippen LogP contribution in [0.25, 0.3) is 0 Å². The average Bonchev–Trinajstić information content (AvgIpc) is 2.73. The van der Waals surface area contributed by atoms with Crippen LogP contribution in [0, 0.1) is 0 Å². The highest BCUT2D eigenvalue weighted by Crippen LogP contribution is 2.27. The van der Waals surface area contributed by atoms with Gasteiger partial charge in [0.1, 0.15) is 11.6 Å². The number of piperazine rings is 1. The van der Waals surface area contributed by atoms with Gasteiger partial charge in [-0.15, -0.1) is 0 Å². The van der Waals surface area contributed by atoms with Crippen LogP contribution in [0.2, 0.25) is 10.0 Å². The fourth-order valence-corrected chi connectivity index (χ4v) is 3.63. The van der Waals surface area contributed by atoms with Crippen LogP contribution in [0.1, 0.15) is 19.8 Å². The molecule has 29 heavy (non-hydrogen) atoms. The monoisotopic (exact) mass is 436 g/mol. The maximum atomic E-state index is 12.1. The van der Waals surface area contributed by atoms with E-state index in [1.165, 1.54) is 0 Å². The van der Waals surface area contributed by atoms with Gasteiger partial charge in [0.25, 0.3) is 0 Å². The van der Waals surface area contributed by atoms with Crippen molar-refractivity contribution in [1.29, 1.82) is 0 Å². The Bertz CT molecular complexity index is 809. The van der Waals surface area contributed by atoms with Gasteiger partial charge in [-0.1, -0.05) is 30.1 Å². The number of hydrogen-bond acceptors (Lipinski definition) is 5. The fraction of sp³-hybridized carbons (Fsp3) is 0.429. The number of likely N-dealkylation sites (N-methyl/N-ethyl adjacent to an activating group) is 1. The summed E-state index contributed by atoms with van der Waals surface area (Å²) in [6.45, 7) is 7.73. The number of amides is 1. The van der Waals surface area contributed by atoms with Gasteiger partial charge in [-0.25, -0.2) is 4.98 Å². The molecule has 0 saturated carbocycles. The number of aromatic nitrogens is 1. The van der Waals surface area contributed by atoms with E-state index in [4.69, 9.17) is 27.9 Å². The van der Waals surface area contributed by atoms with Gasteiger partial charge in [0.15, 0.2) is 0 Å². The molecule has 1 aliphatic rings. The van der Waals surface area contributed by atoms with E-state index in [0.29, 0.717) is 40.9 Å². The number of carbonyl (C=O) groups excluding carboxylic acids is 1. The second-order valence-electron chi connectivity index (χ2n) is 6.90. The van der Waals surface area contributed by atoms with E-state index < -0.39 is 0 Å². The number of carbonyl (C=O) groups is 1. The molecule has 0 atom stereocenters. The molecule has 1 aromatic carbocycles. The molecule has 1 amide bonds. The summed E-state index contributed by atoms with van der Waals surface area (Å²) in [7, 11) is 0. The number of benzene rings is 1. The van der Waals surface area contributed by atoms with Crippen LogP contribution < -0.4 is 15.0 Å². The molecule has 2 aromatic rings. The van der Waals surface area contributed by atoms with Crippen LogP contribution in [-0.4, -0.2) is 55.1 Å². The minimum absolute atomic E-state index is 0.0677. The van der Waals surface area contributed by atoms with Crippen LogP contribution in [0.5, 0.6) is 5.75 Å². The van der Waals surface area contributed by atoms with Crippen molar-refractivity contribution in [3.8, 4) is 5.75 Å². The molecule has 3 rings (SSSR count). The van der Waals surface area contributed by atoms with Crippen molar-refractivity contribution >= 4 is 40.6 Å². The molecule has 0 bridgehead atoms. The average molecular weight is 437 g/mol. The van der Waals surface area contributed by atoms with Crippen molar-refractivity contribution in [2.24, 2.45) is 0 Å². The molecular weight excluding hydrogens is 411 g/mol. The number of rotatable bonds is 8. The van der Waals surface area contributed by atoms with Crippen LogP contribution in [0.4, 0.5) is 11.5 Å². The molecule has 0 unspecified atom stereocenters. The van der Waals surface area contributed by atoms with Gasteiger partial charge in [0.05, 0.1) is 23.5 Å². The first-order valence-electron chi connectivity index (χ1n) is 9.86. The molecule has 156 valence electrons. The number of nitrogens with one attached hydrogen (secondary N) is 1. The number of hydrogen-bond donors (Lipinski definition) is 1. The van der Waals surface area contributed by atoms with Crippen LogP contribution in [0.3, 0.4) is 0 Å². The Balaban J connectivity index is 1.39. The van der Waals surface area contributed by atoms with E-state index in [1.54, 1.807) is 24.4 Å². The Hall–Kier alpha value is -2.02. The summed E-state index contributed by atoms with van der Waals surface area (Å²) in [4.78, 5) is 21.3. The second-order valence-corrected chi connectivity index (χ2v) is 7.74. The second kappa shape index (κ2) is 10.7. The lowest BCUT2D eigenvalue weighted by Gasteiger charge is -2.34. The Labute approximate surface area is 181 Å². The van der Waals surface area contributed by atoms with E-state index in [-0.39, 0.29) is 5.91 Å². The standard InChI is InChI=1S/C21H26Cl2N4O2/c1-2-26-9-11-27(12-10-26)20-8-6-17(15-24-20)25-21(28)4-3-13-29-19-7-5-16(22)14-18(19)23/h5-8,14-15H,2-4,9-13H2,1H3,(H,25,28). The van der Waals surface area contributed by atoms with Gasteiger partial charge >= 0.3 is 0 Å². The summed E-state index contributed by atoms with van der Waals surface area (Å²) in [5.41, 5.74) is 0.701. The Morgan fingerprint density at radius 2 is 1.97 bits per heavy atom. The van der Waals surface area contributed by atoms with Gasteiger partial charge in [0, 0.05) is 37.6 Å². The largest absolute Gasteiger partial charge is 0.492 e. The number of pyridine rings is 1. The summed E-state index contributed by atoms with van der Waals surface area (Å²) >= 11 is 11.9. The summed E-state index contributed by atoms with van der Waals surface area (Å²) in [5, 5.41) is 3.90. The minimum Gasteiger partial charge on any atom is -0.492 e. The molecule has 6 nitrogen and oxygen atoms in total. The normalized spacial score (nSPS) is 14.7. The zero-order chi connectivity index (χ0) is 20.6. The van der Waals surface area contributed by atoms with Crippen LogP contribution >= 0.6 is 23.2 Å². The minimum atomic E-state index is -0.0677. The third-order valence-corrected chi connectivity index (χ3v) is 5.41. The Kier molecular flexibility index (Phi) is 7.98. The number of ether oxygens (including phenoxy) is 1. The van der Waals surface area contributed by atoms with Crippen molar-refractivity contribution < 1.29 is 9.53 Å². The Morgan fingerprint density at radius 3 is 2.62 bits per heavy atom. The van der Waals surface area contributed by atoms with Crippen LogP contribution in [-0.2, 0) is 4.79 Å². The molecule has 1 saturated heterocycles. The lowest BCUT2D eigenvalue weighted by atomic mass is 10.3. The van der Waals surface area contributed by atoms with E-state index in [2.05, 4.69) is 27.0 Å². The molecule has 0 aliphatic carbocycles. The van der Waals surface area contributed by atoms with Crippen molar-refractivity contribution in [3.05, 3.63) is 46.6 Å². The number of halogens is 2. The molecule has 1 aromatic heterocycles. The third kappa shape index (κ3) is 6.49. The Morgan fingerprint density at radius 1 is 1.17 bits per heavy atom. The first-order chi connectivity index (χ1) is 14.0. The summed E-state index contributed by atoms with van der Waals surface area (Å²) in [6.07, 6.45) is 2.65. The van der Waals surface area contributed by atoms with Crippen molar-refractivity contribution in [2.75, 3.05) is 49.5 Å². The van der Waals surface area contributed by atoms with Gasteiger partial charge in [-0.05, 0) is 43.3 Å². The molecule has 2 heterocycles. The highest BCUT2D eigenvalue weighted by Gasteiger charge is 2.16. The quantitative estimate of drug-likeness (QED) is 0.624. The maximum Gasteiger partial charge on any atom is 0.224 e. The molecule has 0 radical (unpaired) electrons. The van der Waals surface area contributed by atoms with E-state index in [9.17, 15) is 4.79 Å². The molecule has 1 aliphatic heterocycles. The van der Waals surface area contributed by atoms with Gasteiger partial charge in [-0.2, -0.15) is 0 Å². The van der Waals surface area contributed by atoms with Crippen molar-refractivity contribution in [3.63, 3.8) is 0 Å². The highest BCUT2D eigenvalue weighted by molar-refractivity contribution is 6.35. The molecule has 8 heteroatoms. The number of anilines is 2. The molecule has 1 fully saturated rings. The zero-order valence-electron chi connectivity index (χ0n) is 16.5. The first kappa shape index (κ1) is 21.7. The summed E-state index contributed by atoms with van der Waals surface area (Å²) in [5.74, 6) is 1.45. The van der Waals surface area contributed by atoms with Gasteiger partial charge < -0.3 is 19.9 Å². The van der Waals surface area contributed by atoms with Crippen molar-refractivity contribution in [2.45, 2.75) is 19.8 Å². The van der Waals surface area contributed by atoms with E-state index >= 15 is 0 Å². The predicted molar refractivity (Wildman–Crippen MR) is 118 cm³/mol. The molecule has 1 N–H and O–H groups in total. The zero-order valence-corrected chi connectivity index (χ0v) is 18.0.